The number of carbonyl (C=O) groups is 1. The summed E-state index contributed by atoms with van der Waals surface area (Å²) in [6.07, 6.45) is 0. The smallest absolute Gasteiger partial charge is 0.195 e. The monoisotopic (exact) mass is 306 g/mol. The standard InChI is InChI=1S/C11H12BrClO3/c1-6-4-9(16-3)7(5-8(6)15-2)10(14)11(12)13/h4-5,11H,1-3H3. The molecule has 0 heterocycles. The third-order valence-electron chi connectivity index (χ3n) is 2.18. The van der Waals surface area contributed by atoms with E-state index < -0.39 is 4.29 Å². The summed E-state index contributed by atoms with van der Waals surface area (Å²) in [5.41, 5.74) is 1.30. The van der Waals surface area contributed by atoms with Gasteiger partial charge in [-0.3, -0.25) is 4.79 Å². The van der Waals surface area contributed by atoms with Crippen molar-refractivity contribution in [3.63, 3.8) is 0 Å². The minimum absolute atomic E-state index is 0.253. The second-order valence-electron chi connectivity index (χ2n) is 3.19. The molecule has 0 aromatic heterocycles. The van der Waals surface area contributed by atoms with Crippen LogP contribution in [-0.4, -0.2) is 24.3 Å². The van der Waals surface area contributed by atoms with E-state index in [-0.39, 0.29) is 5.78 Å². The van der Waals surface area contributed by atoms with Crippen molar-refractivity contribution < 1.29 is 14.3 Å². The first-order valence-corrected chi connectivity index (χ1v) is 5.91. The Morgan fingerprint density at radius 2 is 1.88 bits per heavy atom. The van der Waals surface area contributed by atoms with E-state index in [0.29, 0.717) is 17.1 Å². The zero-order valence-corrected chi connectivity index (χ0v) is 11.6. The number of halogens is 2. The van der Waals surface area contributed by atoms with E-state index in [1.165, 1.54) is 7.11 Å². The summed E-state index contributed by atoms with van der Waals surface area (Å²) < 4.78 is 9.52. The Hall–Kier alpha value is -0.740. The van der Waals surface area contributed by atoms with E-state index in [1.54, 1.807) is 19.2 Å². The number of alkyl halides is 2. The van der Waals surface area contributed by atoms with Gasteiger partial charge in [-0.1, -0.05) is 15.9 Å². The fraction of sp³-hybridized carbons (Fsp3) is 0.364. The molecule has 1 unspecified atom stereocenters. The molecule has 0 amide bonds. The molecule has 16 heavy (non-hydrogen) atoms. The normalized spacial score (nSPS) is 12.1. The summed E-state index contributed by atoms with van der Waals surface area (Å²) in [4.78, 5) is 11.8. The average Bonchev–Trinajstić information content (AvgIpc) is 2.27. The number of benzene rings is 1. The Morgan fingerprint density at radius 3 is 2.31 bits per heavy atom. The minimum Gasteiger partial charge on any atom is -0.496 e. The van der Waals surface area contributed by atoms with Crippen LogP contribution in [-0.2, 0) is 0 Å². The predicted molar refractivity (Wildman–Crippen MR) is 67.2 cm³/mol. The van der Waals surface area contributed by atoms with Crippen LogP contribution in [0.4, 0.5) is 0 Å². The topological polar surface area (TPSA) is 35.5 Å². The molecule has 0 N–H and O–H groups in total. The van der Waals surface area contributed by atoms with Gasteiger partial charge in [0, 0.05) is 0 Å². The highest BCUT2D eigenvalue weighted by Crippen LogP contribution is 2.30. The van der Waals surface area contributed by atoms with Gasteiger partial charge in [-0.05, 0) is 24.6 Å². The van der Waals surface area contributed by atoms with Crippen molar-refractivity contribution >= 4 is 33.3 Å². The van der Waals surface area contributed by atoms with Gasteiger partial charge in [-0.15, -0.1) is 11.6 Å². The molecule has 0 radical (unpaired) electrons. The number of aryl methyl sites for hydroxylation is 1. The molecule has 3 nitrogen and oxygen atoms in total. The summed E-state index contributed by atoms with van der Waals surface area (Å²) in [7, 11) is 3.06. The summed E-state index contributed by atoms with van der Waals surface area (Å²) in [6, 6.07) is 3.38. The fourth-order valence-electron chi connectivity index (χ4n) is 1.36. The molecule has 1 aromatic carbocycles. The largest absolute Gasteiger partial charge is 0.496 e. The van der Waals surface area contributed by atoms with E-state index in [9.17, 15) is 4.79 Å². The molecule has 0 aliphatic carbocycles. The quantitative estimate of drug-likeness (QED) is 0.633. The van der Waals surface area contributed by atoms with Crippen LogP contribution in [0.1, 0.15) is 15.9 Å². The zero-order valence-electron chi connectivity index (χ0n) is 9.21. The minimum atomic E-state index is -0.770. The van der Waals surface area contributed by atoms with Crippen LogP contribution < -0.4 is 9.47 Å². The Balaban J connectivity index is 3.30. The van der Waals surface area contributed by atoms with Gasteiger partial charge in [0.1, 0.15) is 11.5 Å². The van der Waals surface area contributed by atoms with Crippen LogP contribution in [0.15, 0.2) is 12.1 Å². The van der Waals surface area contributed by atoms with Crippen molar-refractivity contribution in [2.45, 2.75) is 11.2 Å². The maximum Gasteiger partial charge on any atom is 0.195 e. The fourth-order valence-corrected chi connectivity index (χ4v) is 1.72. The van der Waals surface area contributed by atoms with Crippen molar-refractivity contribution in [3.05, 3.63) is 23.3 Å². The molecule has 0 fully saturated rings. The van der Waals surface area contributed by atoms with Gasteiger partial charge in [0.25, 0.3) is 0 Å². The van der Waals surface area contributed by atoms with Crippen LogP contribution in [0.2, 0.25) is 0 Å². The molecule has 0 bridgehead atoms. The Labute approximate surface area is 108 Å². The highest BCUT2D eigenvalue weighted by Gasteiger charge is 2.20. The molecular formula is C11H12BrClO3. The third-order valence-corrected chi connectivity index (χ3v) is 2.79. The number of hydrogen-bond donors (Lipinski definition) is 0. The van der Waals surface area contributed by atoms with E-state index in [4.69, 9.17) is 21.1 Å². The van der Waals surface area contributed by atoms with Crippen LogP contribution in [0.25, 0.3) is 0 Å². The van der Waals surface area contributed by atoms with Gasteiger partial charge in [0.15, 0.2) is 10.1 Å². The molecule has 0 saturated heterocycles. The number of rotatable bonds is 4. The van der Waals surface area contributed by atoms with Crippen LogP contribution in [0.3, 0.4) is 0 Å². The average molecular weight is 308 g/mol. The molecule has 1 rings (SSSR count). The number of carbonyl (C=O) groups excluding carboxylic acids is 1. The molecule has 0 aliphatic rings. The van der Waals surface area contributed by atoms with Crippen molar-refractivity contribution in [3.8, 4) is 11.5 Å². The van der Waals surface area contributed by atoms with Crippen LogP contribution in [0.5, 0.6) is 11.5 Å². The van der Waals surface area contributed by atoms with Gasteiger partial charge < -0.3 is 9.47 Å². The van der Waals surface area contributed by atoms with E-state index in [2.05, 4.69) is 15.9 Å². The zero-order chi connectivity index (χ0) is 12.3. The van der Waals surface area contributed by atoms with Crippen molar-refractivity contribution in [2.24, 2.45) is 0 Å². The highest BCUT2D eigenvalue weighted by atomic mass is 79.9. The molecule has 1 atom stereocenters. The molecule has 0 aliphatic heterocycles. The lowest BCUT2D eigenvalue weighted by Gasteiger charge is -2.12. The first-order valence-electron chi connectivity index (χ1n) is 4.56. The maximum atomic E-state index is 11.8. The number of Topliss-reactive ketones (excluding diaryl/α,β-unsaturated/α-hetero) is 1. The summed E-state index contributed by atoms with van der Waals surface area (Å²) in [6.45, 7) is 1.88. The molecule has 5 heteroatoms. The van der Waals surface area contributed by atoms with Crippen molar-refractivity contribution in [2.75, 3.05) is 14.2 Å². The molecule has 1 aromatic rings. The lowest BCUT2D eigenvalue weighted by molar-refractivity contribution is 0.101. The third kappa shape index (κ3) is 2.68. The van der Waals surface area contributed by atoms with Crippen molar-refractivity contribution in [1.82, 2.24) is 0 Å². The number of ether oxygens (including phenoxy) is 2. The first-order chi connectivity index (χ1) is 7.51. The van der Waals surface area contributed by atoms with Crippen LogP contribution >= 0.6 is 27.5 Å². The SMILES string of the molecule is COc1cc(C(=O)C(Cl)Br)c(OC)cc1C. The number of methoxy groups -OCH3 is 2. The summed E-state index contributed by atoms with van der Waals surface area (Å²) in [5.74, 6) is 0.874. The number of ketones is 1. The first kappa shape index (κ1) is 13.3. The molecule has 88 valence electrons. The van der Waals surface area contributed by atoms with E-state index in [1.807, 2.05) is 6.92 Å². The second kappa shape index (κ2) is 5.55. The van der Waals surface area contributed by atoms with Gasteiger partial charge in [-0.25, -0.2) is 0 Å². The Kier molecular flexibility index (Phi) is 4.62. The molecule has 0 spiro atoms. The van der Waals surface area contributed by atoms with Gasteiger partial charge in [0.05, 0.1) is 19.8 Å². The lowest BCUT2D eigenvalue weighted by atomic mass is 10.1. The maximum absolute atomic E-state index is 11.8. The van der Waals surface area contributed by atoms with Gasteiger partial charge >= 0.3 is 0 Å². The van der Waals surface area contributed by atoms with E-state index in [0.717, 1.165) is 5.56 Å². The summed E-state index contributed by atoms with van der Waals surface area (Å²) >= 11 is 8.72. The summed E-state index contributed by atoms with van der Waals surface area (Å²) in [5, 5.41) is 0. The second-order valence-corrected chi connectivity index (χ2v) is 5.07. The van der Waals surface area contributed by atoms with Gasteiger partial charge in [-0.2, -0.15) is 0 Å². The van der Waals surface area contributed by atoms with Crippen LogP contribution in [0, 0.1) is 6.92 Å². The van der Waals surface area contributed by atoms with E-state index >= 15 is 0 Å². The lowest BCUT2D eigenvalue weighted by Crippen LogP contribution is -2.10. The molecular weight excluding hydrogens is 295 g/mol. The van der Waals surface area contributed by atoms with Crippen molar-refractivity contribution in [1.29, 1.82) is 0 Å². The van der Waals surface area contributed by atoms with Gasteiger partial charge in [0.2, 0.25) is 0 Å². The molecule has 0 saturated carbocycles. The Morgan fingerprint density at radius 1 is 1.31 bits per heavy atom. The number of hydrogen-bond acceptors (Lipinski definition) is 3. The highest BCUT2D eigenvalue weighted by molar-refractivity contribution is 9.10. The Bertz CT molecular complexity index is 404. The predicted octanol–water partition coefficient (Wildman–Crippen LogP) is 3.15.